The van der Waals surface area contributed by atoms with Crippen LogP contribution >= 0.6 is 0 Å². The Labute approximate surface area is 125 Å². The van der Waals surface area contributed by atoms with E-state index in [0.29, 0.717) is 0 Å². The molecule has 1 N–H and O–H groups in total. The second-order valence-electron chi connectivity index (χ2n) is 4.78. The summed E-state index contributed by atoms with van der Waals surface area (Å²) >= 11 is 0. The Morgan fingerprint density at radius 2 is 2.18 bits per heavy atom. The zero-order valence-electron chi connectivity index (χ0n) is 11.7. The van der Waals surface area contributed by atoms with Gasteiger partial charge in [0.2, 0.25) is 0 Å². The third kappa shape index (κ3) is 3.17. The highest BCUT2D eigenvalue weighted by Crippen LogP contribution is 2.20. The van der Waals surface area contributed by atoms with Gasteiger partial charge in [-0.2, -0.15) is 0 Å². The van der Waals surface area contributed by atoms with Crippen LogP contribution in [0.25, 0.3) is 10.9 Å². The van der Waals surface area contributed by atoms with Crippen LogP contribution < -0.4 is 5.32 Å². The maximum Gasteiger partial charge on any atom is 0.270 e. The van der Waals surface area contributed by atoms with Gasteiger partial charge in [-0.1, -0.05) is 5.21 Å². The molecular formula is C14H14N6O2. The molecule has 0 saturated carbocycles. The van der Waals surface area contributed by atoms with Crippen LogP contribution in [0, 0.1) is 10.1 Å². The fraction of sp³-hybridized carbons (Fsp3) is 0.214. The Balaban J connectivity index is 1.62. The standard InChI is InChI=1S/C14H14N6O2/c21-20(22)12-3-4-13-11(10-12)2-5-14(17-13)15-6-1-8-19-9-7-16-18-19/h2-5,7,9-10H,1,6,8H2,(H,15,17). The Hall–Kier alpha value is -3.03. The first-order chi connectivity index (χ1) is 10.7. The smallest absolute Gasteiger partial charge is 0.270 e. The molecule has 0 saturated heterocycles. The lowest BCUT2D eigenvalue weighted by atomic mass is 10.2. The molecule has 0 aliphatic rings. The maximum absolute atomic E-state index is 10.7. The van der Waals surface area contributed by atoms with E-state index in [2.05, 4.69) is 20.6 Å². The van der Waals surface area contributed by atoms with Crippen LogP contribution in [0.3, 0.4) is 0 Å². The molecule has 0 aliphatic heterocycles. The van der Waals surface area contributed by atoms with Crippen molar-refractivity contribution in [3.05, 3.63) is 52.8 Å². The van der Waals surface area contributed by atoms with E-state index in [1.165, 1.54) is 12.1 Å². The van der Waals surface area contributed by atoms with Gasteiger partial charge in [-0.15, -0.1) is 5.10 Å². The molecule has 8 nitrogen and oxygen atoms in total. The van der Waals surface area contributed by atoms with E-state index in [9.17, 15) is 10.1 Å². The van der Waals surface area contributed by atoms with E-state index < -0.39 is 4.92 Å². The third-order valence-corrected chi connectivity index (χ3v) is 3.23. The number of fused-ring (bicyclic) bond motifs is 1. The normalized spacial score (nSPS) is 10.7. The van der Waals surface area contributed by atoms with E-state index in [1.54, 1.807) is 16.9 Å². The van der Waals surface area contributed by atoms with Crippen LogP contribution in [0.5, 0.6) is 0 Å². The molecule has 2 heterocycles. The molecule has 0 atom stereocenters. The first-order valence-corrected chi connectivity index (χ1v) is 6.85. The highest BCUT2D eigenvalue weighted by molar-refractivity contribution is 5.82. The summed E-state index contributed by atoms with van der Waals surface area (Å²) in [6, 6.07) is 8.30. The average Bonchev–Trinajstić information content (AvgIpc) is 3.04. The van der Waals surface area contributed by atoms with Gasteiger partial charge in [-0.3, -0.25) is 14.8 Å². The van der Waals surface area contributed by atoms with Crippen molar-refractivity contribution < 1.29 is 4.92 Å². The van der Waals surface area contributed by atoms with E-state index in [4.69, 9.17) is 0 Å². The number of aryl methyl sites for hydroxylation is 1. The molecule has 0 bridgehead atoms. The first kappa shape index (κ1) is 13.9. The van der Waals surface area contributed by atoms with Crippen molar-refractivity contribution in [3.63, 3.8) is 0 Å². The Bertz CT molecular complexity index is 787. The summed E-state index contributed by atoms with van der Waals surface area (Å²) in [7, 11) is 0. The number of hydrogen-bond donors (Lipinski definition) is 1. The maximum atomic E-state index is 10.7. The van der Waals surface area contributed by atoms with Crippen molar-refractivity contribution in [1.82, 2.24) is 20.0 Å². The monoisotopic (exact) mass is 298 g/mol. The van der Waals surface area contributed by atoms with E-state index in [-0.39, 0.29) is 5.69 Å². The average molecular weight is 298 g/mol. The van der Waals surface area contributed by atoms with Gasteiger partial charge in [-0.25, -0.2) is 4.98 Å². The van der Waals surface area contributed by atoms with Crippen molar-refractivity contribution in [1.29, 1.82) is 0 Å². The minimum absolute atomic E-state index is 0.0721. The summed E-state index contributed by atoms with van der Waals surface area (Å²) in [4.78, 5) is 14.8. The largest absolute Gasteiger partial charge is 0.370 e. The van der Waals surface area contributed by atoms with Gasteiger partial charge < -0.3 is 5.32 Å². The lowest BCUT2D eigenvalue weighted by Gasteiger charge is -2.06. The Morgan fingerprint density at radius 3 is 2.95 bits per heavy atom. The summed E-state index contributed by atoms with van der Waals surface area (Å²) in [5.74, 6) is 0.750. The molecule has 3 aromatic rings. The molecule has 0 radical (unpaired) electrons. The zero-order valence-corrected chi connectivity index (χ0v) is 11.7. The van der Waals surface area contributed by atoms with E-state index in [1.807, 2.05) is 18.3 Å². The molecule has 0 unspecified atom stereocenters. The molecule has 112 valence electrons. The van der Waals surface area contributed by atoms with Gasteiger partial charge in [0, 0.05) is 36.8 Å². The van der Waals surface area contributed by atoms with Crippen molar-refractivity contribution in [2.75, 3.05) is 11.9 Å². The van der Waals surface area contributed by atoms with Gasteiger partial charge in [0.25, 0.3) is 5.69 Å². The molecule has 0 aliphatic carbocycles. The number of aromatic nitrogens is 4. The number of nitrogens with zero attached hydrogens (tertiary/aromatic N) is 5. The van der Waals surface area contributed by atoms with Gasteiger partial charge in [0.15, 0.2) is 0 Å². The summed E-state index contributed by atoms with van der Waals surface area (Å²) < 4.78 is 1.77. The number of hydrogen-bond acceptors (Lipinski definition) is 6. The number of nitro benzene ring substituents is 1. The van der Waals surface area contributed by atoms with Gasteiger partial charge in [-0.05, 0) is 24.6 Å². The fourth-order valence-corrected chi connectivity index (χ4v) is 2.13. The number of nitrogens with one attached hydrogen (secondary N) is 1. The summed E-state index contributed by atoms with van der Waals surface area (Å²) in [5, 5.41) is 22.4. The van der Waals surface area contributed by atoms with Crippen molar-refractivity contribution in [3.8, 4) is 0 Å². The predicted molar refractivity (Wildman–Crippen MR) is 81.5 cm³/mol. The number of rotatable bonds is 6. The molecule has 0 spiro atoms. The SMILES string of the molecule is O=[N+]([O-])c1ccc2nc(NCCCn3ccnn3)ccc2c1. The predicted octanol–water partition coefficient (Wildman–Crippen LogP) is 2.24. The summed E-state index contributed by atoms with van der Waals surface area (Å²) in [6.07, 6.45) is 4.36. The molecule has 0 fully saturated rings. The second kappa shape index (κ2) is 6.17. The number of benzene rings is 1. The topological polar surface area (TPSA) is 98.8 Å². The Morgan fingerprint density at radius 1 is 1.27 bits per heavy atom. The summed E-state index contributed by atoms with van der Waals surface area (Å²) in [6.45, 7) is 1.54. The highest BCUT2D eigenvalue weighted by Gasteiger charge is 2.07. The Kier molecular flexibility index (Phi) is 3.90. The van der Waals surface area contributed by atoms with Crippen LogP contribution in [0.4, 0.5) is 11.5 Å². The second-order valence-corrected chi connectivity index (χ2v) is 4.78. The van der Waals surface area contributed by atoms with Crippen molar-refractivity contribution in [2.24, 2.45) is 0 Å². The van der Waals surface area contributed by atoms with Crippen LogP contribution in [-0.4, -0.2) is 31.4 Å². The number of pyridine rings is 1. The molecule has 22 heavy (non-hydrogen) atoms. The lowest BCUT2D eigenvalue weighted by Crippen LogP contribution is -2.08. The van der Waals surface area contributed by atoms with Gasteiger partial charge in [0.1, 0.15) is 5.82 Å². The third-order valence-electron chi connectivity index (χ3n) is 3.23. The van der Waals surface area contributed by atoms with E-state index >= 15 is 0 Å². The van der Waals surface area contributed by atoms with Crippen LogP contribution in [0.2, 0.25) is 0 Å². The molecular weight excluding hydrogens is 284 g/mol. The number of non-ortho nitro benzene ring substituents is 1. The molecule has 0 amide bonds. The number of nitro groups is 1. The van der Waals surface area contributed by atoms with Crippen LogP contribution in [-0.2, 0) is 6.54 Å². The molecule has 2 aromatic heterocycles. The quantitative estimate of drug-likeness (QED) is 0.425. The fourth-order valence-electron chi connectivity index (χ4n) is 2.13. The summed E-state index contributed by atoms with van der Waals surface area (Å²) in [5.41, 5.74) is 0.801. The number of anilines is 1. The molecule has 8 heteroatoms. The van der Waals surface area contributed by atoms with E-state index in [0.717, 1.165) is 36.2 Å². The van der Waals surface area contributed by atoms with Crippen LogP contribution in [0.15, 0.2) is 42.7 Å². The van der Waals surface area contributed by atoms with Gasteiger partial charge >= 0.3 is 0 Å². The first-order valence-electron chi connectivity index (χ1n) is 6.85. The highest BCUT2D eigenvalue weighted by atomic mass is 16.6. The van der Waals surface area contributed by atoms with Crippen molar-refractivity contribution >= 4 is 22.4 Å². The van der Waals surface area contributed by atoms with Crippen LogP contribution in [0.1, 0.15) is 6.42 Å². The van der Waals surface area contributed by atoms with Crippen molar-refractivity contribution in [2.45, 2.75) is 13.0 Å². The minimum Gasteiger partial charge on any atom is -0.370 e. The molecule has 3 rings (SSSR count). The van der Waals surface area contributed by atoms with Gasteiger partial charge in [0.05, 0.1) is 16.6 Å². The minimum atomic E-state index is -0.407. The molecule has 1 aromatic carbocycles. The lowest BCUT2D eigenvalue weighted by molar-refractivity contribution is -0.384. The zero-order chi connectivity index (χ0) is 15.4.